The largest absolute Gasteiger partial charge is 0.481 e. The van der Waals surface area contributed by atoms with Crippen LogP contribution in [-0.2, 0) is 9.59 Å². The van der Waals surface area contributed by atoms with Gasteiger partial charge < -0.3 is 10.0 Å². The van der Waals surface area contributed by atoms with Gasteiger partial charge >= 0.3 is 18.1 Å². The van der Waals surface area contributed by atoms with E-state index < -0.39 is 43.2 Å². The van der Waals surface area contributed by atoms with Gasteiger partial charge in [0.15, 0.2) is 0 Å². The van der Waals surface area contributed by atoms with Crippen LogP contribution in [0.5, 0.6) is 0 Å². The Bertz CT molecular complexity index is 304. The minimum Gasteiger partial charge on any atom is -0.481 e. The van der Waals surface area contributed by atoms with Crippen molar-refractivity contribution in [3.05, 3.63) is 0 Å². The molecule has 0 spiro atoms. The number of hydrogen-bond donors (Lipinski definition) is 1. The Morgan fingerprint density at radius 1 is 1.38 bits per heavy atom. The highest BCUT2D eigenvalue weighted by atomic mass is 19.4. The van der Waals surface area contributed by atoms with Gasteiger partial charge in [0.2, 0.25) is 0 Å². The highest BCUT2D eigenvalue weighted by Crippen LogP contribution is 2.28. The zero-order valence-corrected chi connectivity index (χ0v) is 8.00. The van der Waals surface area contributed by atoms with Crippen LogP contribution >= 0.6 is 0 Å². The number of halogens is 4. The van der Waals surface area contributed by atoms with E-state index in [4.69, 9.17) is 5.11 Å². The molecule has 8 heteroatoms. The van der Waals surface area contributed by atoms with Crippen molar-refractivity contribution in [2.75, 3.05) is 6.54 Å². The van der Waals surface area contributed by atoms with Crippen LogP contribution in [0.4, 0.5) is 17.6 Å². The van der Waals surface area contributed by atoms with Crippen LogP contribution in [0.3, 0.4) is 0 Å². The third-order valence-corrected chi connectivity index (χ3v) is 2.28. The summed E-state index contributed by atoms with van der Waals surface area (Å²) in [6.07, 6.45) is -7.74. The number of carboxylic acids is 1. The van der Waals surface area contributed by atoms with Crippen molar-refractivity contribution in [3.63, 3.8) is 0 Å². The second kappa shape index (κ2) is 4.26. The fraction of sp³-hybridized carbons (Fsp3) is 0.750. The van der Waals surface area contributed by atoms with Gasteiger partial charge in [-0.25, -0.2) is 4.39 Å². The highest BCUT2D eigenvalue weighted by Gasteiger charge is 2.48. The van der Waals surface area contributed by atoms with Gasteiger partial charge in [-0.1, -0.05) is 0 Å². The first-order valence-electron chi connectivity index (χ1n) is 4.45. The van der Waals surface area contributed by atoms with Gasteiger partial charge in [-0.2, -0.15) is 13.2 Å². The number of amides is 1. The topological polar surface area (TPSA) is 57.6 Å². The van der Waals surface area contributed by atoms with Crippen LogP contribution in [0.15, 0.2) is 0 Å². The summed E-state index contributed by atoms with van der Waals surface area (Å²) in [5, 5.41) is 8.42. The van der Waals surface area contributed by atoms with E-state index in [1.54, 1.807) is 0 Å². The van der Waals surface area contributed by atoms with Crippen molar-refractivity contribution in [3.8, 4) is 0 Å². The Labute approximate surface area is 87.8 Å². The van der Waals surface area contributed by atoms with Crippen molar-refractivity contribution < 1.29 is 32.3 Å². The molecule has 1 saturated heterocycles. The number of carbonyl (C=O) groups excluding carboxylic acids is 1. The fourth-order valence-electron chi connectivity index (χ4n) is 1.67. The molecule has 0 unspecified atom stereocenters. The van der Waals surface area contributed by atoms with Crippen LogP contribution in [-0.4, -0.2) is 46.8 Å². The van der Waals surface area contributed by atoms with Crippen molar-refractivity contribution in [1.29, 1.82) is 0 Å². The molecule has 1 rings (SSSR count). The molecule has 0 aromatic rings. The second-order valence-electron chi connectivity index (χ2n) is 3.54. The van der Waals surface area contributed by atoms with Gasteiger partial charge in [0.25, 0.3) is 0 Å². The zero-order chi connectivity index (χ0) is 12.5. The van der Waals surface area contributed by atoms with Crippen LogP contribution in [0, 0.1) is 0 Å². The number of hydrogen-bond acceptors (Lipinski definition) is 2. The Kier molecular flexibility index (Phi) is 3.39. The van der Waals surface area contributed by atoms with E-state index in [-0.39, 0.29) is 11.3 Å². The molecule has 0 aliphatic carbocycles. The van der Waals surface area contributed by atoms with E-state index in [0.29, 0.717) is 0 Å². The first-order chi connectivity index (χ1) is 7.21. The molecule has 2 atom stereocenters. The number of rotatable bonds is 2. The molecule has 0 bridgehead atoms. The molecule has 0 saturated carbocycles. The van der Waals surface area contributed by atoms with E-state index in [9.17, 15) is 27.2 Å². The number of carbonyl (C=O) groups is 2. The van der Waals surface area contributed by atoms with Gasteiger partial charge in [0.05, 0.1) is 13.0 Å². The molecule has 4 nitrogen and oxygen atoms in total. The predicted octanol–water partition coefficient (Wildman–Crippen LogP) is 0.962. The van der Waals surface area contributed by atoms with E-state index in [1.165, 1.54) is 0 Å². The van der Waals surface area contributed by atoms with Crippen molar-refractivity contribution in [2.24, 2.45) is 0 Å². The minimum absolute atomic E-state index is 0.249. The smallest absolute Gasteiger partial charge is 0.471 e. The van der Waals surface area contributed by atoms with Gasteiger partial charge in [-0.3, -0.25) is 9.59 Å². The highest BCUT2D eigenvalue weighted by molar-refractivity contribution is 5.83. The maximum atomic E-state index is 12.9. The maximum absolute atomic E-state index is 12.9. The summed E-state index contributed by atoms with van der Waals surface area (Å²) >= 11 is 0. The van der Waals surface area contributed by atoms with Gasteiger partial charge in [0, 0.05) is 12.5 Å². The molecule has 1 amide bonds. The third kappa shape index (κ3) is 2.83. The number of carboxylic acid groups (broad SMARTS) is 1. The molecule has 0 aromatic carbocycles. The molecular weight excluding hydrogens is 234 g/mol. The number of likely N-dealkylation sites (tertiary alicyclic amines) is 1. The molecule has 92 valence electrons. The zero-order valence-electron chi connectivity index (χ0n) is 8.00. The van der Waals surface area contributed by atoms with Crippen LogP contribution in [0.25, 0.3) is 0 Å². The molecule has 0 aromatic heterocycles. The van der Waals surface area contributed by atoms with E-state index >= 15 is 0 Å². The summed E-state index contributed by atoms with van der Waals surface area (Å²) in [6.45, 7) is -0.698. The molecule has 1 heterocycles. The lowest BCUT2D eigenvalue weighted by Gasteiger charge is -2.23. The Hall–Kier alpha value is -1.34. The van der Waals surface area contributed by atoms with Crippen molar-refractivity contribution in [2.45, 2.75) is 31.2 Å². The molecule has 16 heavy (non-hydrogen) atoms. The summed E-state index contributed by atoms with van der Waals surface area (Å²) in [5.41, 5.74) is 0. The first kappa shape index (κ1) is 12.7. The quantitative estimate of drug-likeness (QED) is 0.735. The van der Waals surface area contributed by atoms with Gasteiger partial charge in [0.1, 0.15) is 6.17 Å². The summed E-state index contributed by atoms with van der Waals surface area (Å²) in [4.78, 5) is 21.4. The number of nitrogens with zero attached hydrogens (tertiary/aromatic N) is 1. The van der Waals surface area contributed by atoms with E-state index in [1.807, 2.05) is 0 Å². The summed E-state index contributed by atoms with van der Waals surface area (Å²) in [7, 11) is 0. The lowest BCUT2D eigenvalue weighted by Crippen LogP contribution is -2.44. The fourth-order valence-corrected chi connectivity index (χ4v) is 1.67. The van der Waals surface area contributed by atoms with E-state index in [2.05, 4.69) is 0 Å². The van der Waals surface area contributed by atoms with Crippen molar-refractivity contribution >= 4 is 11.9 Å². The molecule has 1 N–H and O–H groups in total. The lowest BCUT2D eigenvalue weighted by atomic mass is 10.1. The summed E-state index contributed by atoms with van der Waals surface area (Å²) in [5.74, 6) is -3.54. The van der Waals surface area contributed by atoms with Crippen molar-refractivity contribution in [1.82, 2.24) is 4.90 Å². The Morgan fingerprint density at radius 2 is 1.94 bits per heavy atom. The third-order valence-electron chi connectivity index (χ3n) is 2.28. The average molecular weight is 243 g/mol. The van der Waals surface area contributed by atoms with Crippen LogP contribution in [0.2, 0.25) is 0 Å². The molecule has 1 fully saturated rings. The molecular formula is C8H9F4NO3. The molecule has 0 radical (unpaired) electrons. The first-order valence-corrected chi connectivity index (χ1v) is 4.45. The normalized spacial score (nSPS) is 25.9. The van der Waals surface area contributed by atoms with Gasteiger partial charge in [-0.05, 0) is 0 Å². The Balaban J connectivity index is 2.77. The summed E-state index contributed by atoms with van der Waals surface area (Å²) in [6, 6.07) is -1.22. The summed E-state index contributed by atoms with van der Waals surface area (Å²) < 4.78 is 49.1. The monoisotopic (exact) mass is 243 g/mol. The SMILES string of the molecule is O=C(O)C[C@H]1C[C@H](F)CN1C(=O)C(F)(F)F. The lowest BCUT2D eigenvalue weighted by molar-refractivity contribution is -0.186. The van der Waals surface area contributed by atoms with Crippen LogP contribution < -0.4 is 0 Å². The maximum Gasteiger partial charge on any atom is 0.471 e. The standard InChI is InChI=1S/C8H9F4NO3/c9-4-1-5(2-6(14)15)13(3-4)7(16)8(10,11)12/h4-5H,1-3H2,(H,14,15)/t4-,5+/m0/s1. The minimum atomic E-state index is -5.10. The number of aliphatic carboxylic acids is 1. The average Bonchev–Trinajstić information content (AvgIpc) is 2.42. The number of alkyl halides is 4. The molecule has 1 aliphatic rings. The Morgan fingerprint density at radius 3 is 2.38 bits per heavy atom. The molecule has 1 aliphatic heterocycles. The van der Waals surface area contributed by atoms with Gasteiger partial charge in [-0.15, -0.1) is 0 Å². The van der Waals surface area contributed by atoms with E-state index in [0.717, 1.165) is 0 Å². The van der Waals surface area contributed by atoms with Crippen LogP contribution in [0.1, 0.15) is 12.8 Å². The predicted molar refractivity (Wildman–Crippen MR) is 43.3 cm³/mol. The second-order valence-corrected chi connectivity index (χ2v) is 3.54.